The largest absolute Gasteiger partial charge is 0.396 e. The van der Waals surface area contributed by atoms with Gasteiger partial charge in [0.1, 0.15) is 0 Å². The molecule has 1 aliphatic carbocycles. The molecule has 146 valence electrons. The first-order chi connectivity index (χ1) is 12.7. The predicted octanol–water partition coefficient (Wildman–Crippen LogP) is 3.66. The van der Waals surface area contributed by atoms with E-state index in [0.717, 1.165) is 0 Å². The van der Waals surface area contributed by atoms with Crippen LogP contribution in [0, 0.1) is 5.41 Å². The quantitative estimate of drug-likeness (QED) is 0.512. The van der Waals surface area contributed by atoms with Crippen molar-refractivity contribution >= 4 is 28.6 Å². The second kappa shape index (κ2) is 7.30. The monoisotopic (exact) mass is 398 g/mol. The van der Waals surface area contributed by atoms with Gasteiger partial charge in [0.25, 0.3) is 5.92 Å². The number of Topliss-reactive ketones (excluding diaryl/α,β-unsaturated/α-hetero) is 1. The molecule has 0 aromatic carbocycles. The fourth-order valence-electron chi connectivity index (χ4n) is 3.82. The fourth-order valence-corrected chi connectivity index (χ4v) is 4.09. The van der Waals surface area contributed by atoms with Gasteiger partial charge in [-0.3, -0.25) is 4.79 Å². The van der Waals surface area contributed by atoms with Crippen molar-refractivity contribution in [2.45, 2.75) is 50.0 Å². The van der Waals surface area contributed by atoms with Crippen LogP contribution < -0.4 is 0 Å². The van der Waals surface area contributed by atoms with Crippen LogP contribution in [0.25, 0.3) is 5.52 Å². The lowest BCUT2D eigenvalue weighted by molar-refractivity contribution is -0.120. The summed E-state index contributed by atoms with van der Waals surface area (Å²) in [5, 5.41) is 28.2. The number of carbonyl (C=O) groups excluding carboxylic acids is 1. The first-order valence-electron chi connectivity index (χ1n) is 8.77. The summed E-state index contributed by atoms with van der Waals surface area (Å²) in [4.78, 5) is 12.8. The van der Waals surface area contributed by atoms with Crippen LogP contribution in [0.1, 0.15) is 48.2 Å². The van der Waals surface area contributed by atoms with Crippen molar-refractivity contribution in [2.24, 2.45) is 0 Å². The lowest BCUT2D eigenvalue weighted by Gasteiger charge is -2.36. The lowest BCUT2D eigenvalue weighted by atomic mass is 9.78. The topological polar surface area (TPSA) is 85.8 Å². The number of alkyl halides is 2. The van der Waals surface area contributed by atoms with Crippen LogP contribution in [0.4, 0.5) is 8.78 Å². The highest BCUT2D eigenvalue weighted by Crippen LogP contribution is 2.41. The molecule has 1 unspecified atom stereocenters. The molecule has 8 heteroatoms. The normalized spacial score (nSPS) is 22.1. The van der Waals surface area contributed by atoms with Crippen molar-refractivity contribution in [3.63, 3.8) is 0 Å². The molecule has 1 aliphatic rings. The van der Waals surface area contributed by atoms with E-state index in [1.807, 2.05) is 0 Å². The minimum atomic E-state index is -2.99. The summed E-state index contributed by atoms with van der Waals surface area (Å²) < 4.78 is 29.0. The summed E-state index contributed by atoms with van der Waals surface area (Å²) in [5.41, 5.74) is -0.979. The Morgan fingerprint density at radius 2 is 2.11 bits per heavy atom. The molecule has 27 heavy (non-hydrogen) atoms. The first-order valence-corrected chi connectivity index (χ1v) is 9.15. The minimum Gasteiger partial charge on any atom is -0.396 e. The Kier molecular flexibility index (Phi) is 5.38. The minimum absolute atomic E-state index is 0.126. The standard InChI is InChI=1S/C19H21ClF2N2O3/c20-14-3-1-7-24-12(4-8-25)9-13(16(14)24)17(26)15(23)10-18(27)5-2-6-19(21,22)11-18/h1,3,7,9,23,25,27H,2,4-6,8,10-11H2. The van der Waals surface area contributed by atoms with E-state index in [-0.39, 0.29) is 37.9 Å². The molecule has 0 spiro atoms. The number of nitrogens with one attached hydrogen (secondary N) is 1. The van der Waals surface area contributed by atoms with Gasteiger partial charge in [0.05, 0.1) is 27.4 Å². The number of aromatic nitrogens is 1. The Balaban J connectivity index is 1.90. The number of hydrogen-bond donors (Lipinski definition) is 3. The van der Waals surface area contributed by atoms with Crippen LogP contribution in [-0.2, 0) is 6.42 Å². The average molecular weight is 399 g/mol. The van der Waals surface area contributed by atoms with E-state index in [2.05, 4.69) is 0 Å². The van der Waals surface area contributed by atoms with Gasteiger partial charge in [0.15, 0.2) is 0 Å². The zero-order chi connectivity index (χ0) is 19.8. The molecule has 3 rings (SSSR count). The molecule has 0 amide bonds. The first kappa shape index (κ1) is 19.9. The van der Waals surface area contributed by atoms with Crippen molar-refractivity contribution < 1.29 is 23.8 Å². The number of pyridine rings is 1. The molecular formula is C19H21ClF2N2O3. The zero-order valence-corrected chi connectivity index (χ0v) is 15.4. The Morgan fingerprint density at radius 1 is 1.37 bits per heavy atom. The van der Waals surface area contributed by atoms with E-state index in [0.29, 0.717) is 16.2 Å². The number of nitrogens with zero attached hydrogens (tertiary/aromatic N) is 1. The maximum atomic E-state index is 13.7. The molecule has 0 radical (unpaired) electrons. The van der Waals surface area contributed by atoms with E-state index in [9.17, 15) is 23.8 Å². The van der Waals surface area contributed by atoms with E-state index < -0.39 is 35.9 Å². The Bertz CT molecular complexity index is 896. The predicted molar refractivity (Wildman–Crippen MR) is 98.2 cm³/mol. The third-order valence-corrected chi connectivity index (χ3v) is 5.29. The van der Waals surface area contributed by atoms with E-state index in [4.69, 9.17) is 17.0 Å². The molecule has 1 fully saturated rings. The van der Waals surface area contributed by atoms with Gasteiger partial charge in [-0.25, -0.2) is 8.78 Å². The van der Waals surface area contributed by atoms with Gasteiger partial charge in [-0.05, 0) is 31.0 Å². The van der Waals surface area contributed by atoms with Crippen LogP contribution in [0.3, 0.4) is 0 Å². The number of halogens is 3. The smallest absolute Gasteiger partial charge is 0.250 e. The summed E-state index contributed by atoms with van der Waals surface area (Å²) in [6.07, 6.45) is 0.792. The number of carbonyl (C=O) groups is 1. The van der Waals surface area contributed by atoms with Gasteiger partial charge in [-0.1, -0.05) is 11.6 Å². The fraction of sp³-hybridized carbons (Fsp3) is 0.474. The van der Waals surface area contributed by atoms with Crippen LogP contribution in [0.2, 0.25) is 5.02 Å². The van der Waals surface area contributed by atoms with Gasteiger partial charge in [0, 0.05) is 44.2 Å². The third kappa shape index (κ3) is 4.05. The van der Waals surface area contributed by atoms with Crippen LogP contribution >= 0.6 is 11.6 Å². The molecule has 1 atom stereocenters. The number of aliphatic hydroxyl groups excluding tert-OH is 1. The Morgan fingerprint density at radius 3 is 2.78 bits per heavy atom. The SMILES string of the molecule is N=C(CC1(O)CCCC(F)(F)C1)C(=O)c1cc(CCO)n2cccc(Cl)c12. The van der Waals surface area contributed by atoms with Gasteiger partial charge < -0.3 is 20.0 Å². The highest BCUT2D eigenvalue weighted by molar-refractivity contribution is 6.47. The highest BCUT2D eigenvalue weighted by atomic mass is 35.5. The van der Waals surface area contributed by atoms with Crippen molar-refractivity contribution in [1.29, 1.82) is 5.41 Å². The second-order valence-corrected chi connectivity index (χ2v) is 7.60. The Hall–Kier alpha value is -1.83. The number of rotatable bonds is 6. The summed E-state index contributed by atoms with van der Waals surface area (Å²) in [5.74, 6) is -3.65. The molecule has 2 aromatic heterocycles. The molecule has 0 bridgehead atoms. The highest BCUT2D eigenvalue weighted by Gasteiger charge is 2.45. The van der Waals surface area contributed by atoms with Crippen molar-refractivity contribution in [1.82, 2.24) is 4.40 Å². The third-order valence-electron chi connectivity index (χ3n) is 4.99. The average Bonchev–Trinajstić information content (AvgIpc) is 2.93. The molecule has 1 saturated carbocycles. The van der Waals surface area contributed by atoms with Gasteiger partial charge >= 0.3 is 0 Å². The molecule has 0 saturated heterocycles. The summed E-state index contributed by atoms with van der Waals surface area (Å²) in [7, 11) is 0. The van der Waals surface area contributed by atoms with Crippen molar-refractivity contribution in [3.8, 4) is 0 Å². The summed E-state index contributed by atoms with van der Waals surface area (Å²) >= 11 is 6.23. The molecular weight excluding hydrogens is 378 g/mol. The Labute approximate surface area is 160 Å². The van der Waals surface area contributed by atoms with Gasteiger partial charge in [0.2, 0.25) is 5.78 Å². The maximum Gasteiger partial charge on any atom is 0.250 e. The number of fused-ring (bicyclic) bond motifs is 1. The summed E-state index contributed by atoms with van der Waals surface area (Å²) in [6, 6.07) is 4.85. The maximum absolute atomic E-state index is 13.7. The second-order valence-electron chi connectivity index (χ2n) is 7.19. The van der Waals surface area contributed by atoms with Crippen LogP contribution in [-0.4, -0.2) is 44.2 Å². The van der Waals surface area contributed by atoms with E-state index in [1.54, 1.807) is 28.8 Å². The van der Waals surface area contributed by atoms with Crippen molar-refractivity contribution in [2.75, 3.05) is 6.61 Å². The van der Waals surface area contributed by atoms with E-state index in [1.165, 1.54) is 0 Å². The number of ketones is 1. The molecule has 5 nitrogen and oxygen atoms in total. The zero-order valence-electron chi connectivity index (χ0n) is 14.6. The van der Waals surface area contributed by atoms with Crippen molar-refractivity contribution in [3.05, 3.63) is 40.7 Å². The molecule has 2 aromatic rings. The number of hydrogen-bond acceptors (Lipinski definition) is 4. The molecule has 3 N–H and O–H groups in total. The van der Waals surface area contributed by atoms with Crippen LogP contribution in [0.15, 0.2) is 24.4 Å². The van der Waals surface area contributed by atoms with Gasteiger partial charge in [-0.2, -0.15) is 0 Å². The van der Waals surface area contributed by atoms with Gasteiger partial charge in [-0.15, -0.1) is 0 Å². The summed E-state index contributed by atoms with van der Waals surface area (Å²) in [6.45, 7) is -0.126. The molecule has 0 aliphatic heterocycles. The number of aliphatic hydroxyl groups is 2. The lowest BCUT2D eigenvalue weighted by Crippen LogP contribution is -2.43. The van der Waals surface area contributed by atoms with E-state index >= 15 is 0 Å². The molecule has 2 heterocycles. The van der Waals surface area contributed by atoms with Crippen LogP contribution in [0.5, 0.6) is 0 Å².